The first-order valence-electron chi connectivity index (χ1n) is 6.96. The topological polar surface area (TPSA) is 49.8 Å². The van der Waals surface area contributed by atoms with E-state index in [1.807, 2.05) is 17.0 Å². The van der Waals surface area contributed by atoms with Crippen molar-refractivity contribution in [2.75, 3.05) is 32.7 Å². The van der Waals surface area contributed by atoms with Gasteiger partial charge in [0.15, 0.2) is 5.76 Å². The maximum Gasteiger partial charge on any atom is 0.289 e. The van der Waals surface area contributed by atoms with Gasteiger partial charge in [0.1, 0.15) is 11.1 Å². The van der Waals surface area contributed by atoms with Crippen LogP contribution in [0.2, 0.25) is 0 Å². The van der Waals surface area contributed by atoms with Gasteiger partial charge in [-0.05, 0) is 24.3 Å². The number of carbonyl (C=O) groups excluding carboxylic acids is 1. The van der Waals surface area contributed by atoms with Gasteiger partial charge in [-0.1, -0.05) is 0 Å². The molecule has 1 amide bonds. The number of hydrogen-bond acceptors (Lipinski definition) is 4. The molecular weight excluding hydrogens is 292 g/mol. The van der Waals surface area contributed by atoms with Gasteiger partial charge in [0, 0.05) is 32.7 Å². The lowest BCUT2D eigenvalue weighted by Gasteiger charge is -2.34. The van der Waals surface area contributed by atoms with Crippen LogP contribution in [-0.2, 0) is 0 Å². The molecule has 0 bridgehead atoms. The van der Waals surface area contributed by atoms with Gasteiger partial charge in [0.25, 0.3) is 5.91 Å². The molecule has 1 aliphatic heterocycles. The molecule has 1 saturated heterocycles. The smallest absolute Gasteiger partial charge is 0.289 e. The normalized spacial score (nSPS) is 17.9. The van der Waals surface area contributed by atoms with Crippen LogP contribution in [-0.4, -0.2) is 48.4 Å². The van der Waals surface area contributed by atoms with Crippen LogP contribution in [0.1, 0.15) is 21.7 Å². The van der Waals surface area contributed by atoms with Gasteiger partial charge in [0.2, 0.25) is 0 Å². The summed E-state index contributed by atoms with van der Waals surface area (Å²) in [7, 11) is 0. The Balaban J connectivity index is 1.50. The molecule has 6 heteroatoms. The Hall–Kier alpha value is -1.72. The second kappa shape index (κ2) is 6.37. The number of piperazine rings is 1. The van der Waals surface area contributed by atoms with E-state index in [2.05, 4.69) is 4.90 Å². The first-order chi connectivity index (χ1) is 10.2. The maximum absolute atomic E-state index is 12.1. The zero-order chi connectivity index (χ0) is 14.7. The lowest BCUT2D eigenvalue weighted by atomic mass is 10.2. The summed E-state index contributed by atoms with van der Waals surface area (Å²) >= 11 is 6.33. The first kappa shape index (κ1) is 14.2. The Labute approximate surface area is 128 Å². The minimum absolute atomic E-state index is 0.0480. The van der Waals surface area contributed by atoms with Crippen LogP contribution < -0.4 is 0 Å². The number of alkyl halides is 1. The van der Waals surface area contributed by atoms with Gasteiger partial charge in [-0.2, -0.15) is 0 Å². The second-order valence-corrected chi connectivity index (χ2v) is 5.58. The highest BCUT2D eigenvalue weighted by Crippen LogP contribution is 2.22. The molecule has 21 heavy (non-hydrogen) atoms. The number of furan rings is 2. The lowest BCUT2D eigenvalue weighted by Crippen LogP contribution is -2.49. The van der Waals surface area contributed by atoms with Crippen molar-refractivity contribution in [3.63, 3.8) is 0 Å². The summed E-state index contributed by atoms with van der Waals surface area (Å²) in [5, 5.41) is -0.160. The van der Waals surface area contributed by atoms with Crippen molar-refractivity contribution >= 4 is 17.5 Å². The Bertz CT molecular complexity index is 560. The van der Waals surface area contributed by atoms with E-state index in [1.165, 1.54) is 6.26 Å². The summed E-state index contributed by atoms with van der Waals surface area (Å²) in [6.07, 6.45) is 3.15. The third-order valence-electron chi connectivity index (χ3n) is 3.66. The molecule has 0 saturated carbocycles. The minimum Gasteiger partial charge on any atom is -0.468 e. The molecule has 112 valence electrons. The minimum atomic E-state index is -0.160. The van der Waals surface area contributed by atoms with E-state index in [0.29, 0.717) is 18.8 Å². The van der Waals surface area contributed by atoms with Crippen molar-refractivity contribution < 1.29 is 13.6 Å². The number of amides is 1. The Morgan fingerprint density at radius 2 is 1.86 bits per heavy atom. The zero-order valence-corrected chi connectivity index (χ0v) is 12.3. The summed E-state index contributed by atoms with van der Waals surface area (Å²) < 4.78 is 10.5. The number of nitrogens with zero attached hydrogens (tertiary/aromatic N) is 2. The average Bonchev–Trinajstić information content (AvgIpc) is 3.20. The summed E-state index contributed by atoms with van der Waals surface area (Å²) in [4.78, 5) is 16.2. The monoisotopic (exact) mass is 308 g/mol. The van der Waals surface area contributed by atoms with Crippen LogP contribution in [0.4, 0.5) is 0 Å². The maximum atomic E-state index is 12.1. The molecule has 0 aromatic carbocycles. The van der Waals surface area contributed by atoms with Gasteiger partial charge in [-0.3, -0.25) is 9.69 Å². The molecule has 1 unspecified atom stereocenters. The van der Waals surface area contributed by atoms with Crippen molar-refractivity contribution in [1.82, 2.24) is 9.80 Å². The molecule has 1 fully saturated rings. The van der Waals surface area contributed by atoms with Crippen LogP contribution in [0.3, 0.4) is 0 Å². The summed E-state index contributed by atoms with van der Waals surface area (Å²) in [6, 6.07) is 7.14. The van der Waals surface area contributed by atoms with Crippen molar-refractivity contribution in [3.8, 4) is 0 Å². The average molecular weight is 309 g/mol. The molecule has 3 heterocycles. The number of halogens is 1. The largest absolute Gasteiger partial charge is 0.468 e. The number of hydrogen-bond donors (Lipinski definition) is 0. The zero-order valence-electron chi connectivity index (χ0n) is 11.6. The fourth-order valence-electron chi connectivity index (χ4n) is 2.48. The van der Waals surface area contributed by atoms with Crippen molar-refractivity contribution in [1.29, 1.82) is 0 Å². The predicted octanol–water partition coefficient (Wildman–Crippen LogP) is 2.61. The van der Waals surface area contributed by atoms with Gasteiger partial charge in [-0.15, -0.1) is 11.6 Å². The lowest BCUT2D eigenvalue weighted by molar-refractivity contribution is 0.0604. The highest BCUT2D eigenvalue weighted by molar-refractivity contribution is 6.20. The summed E-state index contributed by atoms with van der Waals surface area (Å²) in [5.41, 5.74) is 0. The van der Waals surface area contributed by atoms with Gasteiger partial charge in [-0.25, -0.2) is 0 Å². The van der Waals surface area contributed by atoms with Gasteiger partial charge in [0.05, 0.1) is 12.5 Å². The molecule has 5 nitrogen and oxygen atoms in total. The molecular formula is C15H17ClN2O3. The molecule has 0 aliphatic carbocycles. The quantitative estimate of drug-likeness (QED) is 0.815. The van der Waals surface area contributed by atoms with Gasteiger partial charge < -0.3 is 13.7 Å². The Morgan fingerprint density at radius 1 is 1.14 bits per heavy atom. The third kappa shape index (κ3) is 3.31. The van der Waals surface area contributed by atoms with E-state index in [4.69, 9.17) is 20.4 Å². The van der Waals surface area contributed by atoms with E-state index >= 15 is 0 Å². The molecule has 2 aromatic rings. The van der Waals surface area contributed by atoms with Crippen LogP contribution in [0.15, 0.2) is 45.6 Å². The standard InChI is InChI=1S/C15H17ClN2O3/c16-12(13-3-1-9-20-13)11-17-5-7-18(8-6-17)15(19)14-4-2-10-21-14/h1-4,9-10,12H,5-8,11H2. The fourth-order valence-corrected chi connectivity index (χ4v) is 2.80. The highest BCUT2D eigenvalue weighted by atomic mass is 35.5. The van der Waals surface area contributed by atoms with Crippen LogP contribution in [0, 0.1) is 0 Å². The molecule has 3 rings (SSSR count). The predicted molar refractivity (Wildman–Crippen MR) is 78.4 cm³/mol. The van der Waals surface area contributed by atoms with E-state index in [-0.39, 0.29) is 11.3 Å². The summed E-state index contributed by atoms with van der Waals surface area (Å²) in [6.45, 7) is 3.69. The molecule has 0 N–H and O–H groups in total. The SMILES string of the molecule is O=C(c1ccco1)N1CCN(CC(Cl)c2ccco2)CC1. The van der Waals surface area contributed by atoms with E-state index in [1.54, 1.807) is 18.4 Å². The summed E-state index contributed by atoms with van der Waals surface area (Å²) in [5.74, 6) is 1.13. The van der Waals surface area contributed by atoms with E-state index in [0.717, 1.165) is 25.4 Å². The van der Waals surface area contributed by atoms with E-state index in [9.17, 15) is 4.79 Å². The number of carbonyl (C=O) groups is 1. The van der Waals surface area contributed by atoms with Crippen molar-refractivity contribution in [2.24, 2.45) is 0 Å². The first-order valence-corrected chi connectivity index (χ1v) is 7.40. The molecule has 1 aliphatic rings. The Kier molecular flexibility index (Phi) is 4.31. The van der Waals surface area contributed by atoms with Crippen molar-refractivity contribution in [2.45, 2.75) is 5.38 Å². The molecule has 2 aromatic heterocycles. The third-order valence-corrected chi connectivity index (χ3v) is 4.01. The van der Waals surface area contributed by atoms with Crippen molar-refractivity contribution in [3.05, 3.63) is 48.3 Å². The van der Waals surface area contributed by atoms with E-state index < -0.39 is 0 Å². The van der Waals surface area contributed by atoms with Crippen LogP contribution in [0.25, 0.3) is 0 Å². The van der Waals surface area contributed by atoms with Crippen LogP contribution >= 0.6 is 11.6 Å². The van der Waals surface area contributed by atoms with Gasteiger partial charge >= 0.3 is 0 Å². The molecule has 0 spiro atoms. The van der Waals surface area contributed by atoms with Crippen LogP contribution in [0.5, 0.6) is 0 Å². The second-order valence-electron chi connectivity index (χ2n) is 5.05. The number of rotatable bonds is 4. The Morgan fingerprint density at radius 3 is 2.48 bits per heavy atom. The highest BCUT2D eigenvalue weighted by Gasteiger charge is 2.25. The fraction of sp³-hybridized carbons (Fsp3) is 0.400. The molecule has 0 radical (unpaired) electrons. The molecule has 1 atom stereocenters.